The normalized spacial score (nSPS) is 16.7. The Bertz CT molecular complexity index is 469. The summed E-state index contributed by atoms with van der Waals surface area (Å²) in [5.74, 6) is 0.747. The maximum atomic E-state index is 9.30. The van der Waals surface area contributed by atoms with E-state index in [9.17, 15) is 5.26 Å². The van der Waals surface area contributed by atoms with Gasteiger partial charge in [-0.2, -0.15) is 10.4 Å². The van der Waals surface area contributed by atoms with Crippen LogP contribution in [0, 0.1) is 25.2 Å². The highest BCUT2D eigenvalue weighted by Crippen LogP contribution is 2.22. The molecule has 0 unspecified atom stereocenters. The third kappa shape index (κ3) is 2.29. The van der Waals surface area contributed by atoms with E-state index in [-0.39, 0.29) is 0 Å². The number of likely N-dealkylation sites (N-methyl/N-ethyl adjacent to an activating group) is 1. The number of hydrogen-bond acceptors (Lipinski definition) is 5. The molecule has 2 rings (SSSR count). The van der Waals surface area contributed by atoms with Crippen molar-refractivity contribution in [2.24, 2.45) is 0 Å². The first-order valence-electron chi connectivity index (χ1n) is 6.38. The largest absolute Gasteiger partial charge is 0.351 e. The minimum atomic E-state index is 0.674. The van der Waals surface area contributed by atoms with Crippen molar-refractivity contribution in [1.29, 1.82) is 5.26 Å². The predicted octanol–water partition coefficient (Wildman–Crippen LogP) is 1.11. The minimum Gasteiger partial charge on any atom is -0.351 e. The SMILES string of the molecule is CCN1CCN(c2nnc(C)c(C)c2C#N)CC1. The van der Waals surface area contributed by atoms with Crippen LogP contribution in [0.3, 0.4) is 0 Å². The molecule has 0 bridgehead atoms. The fourth-order valence-electron chi connectivity index (χ4n) is 2.23. The van der Waals surface area contributed by atoms with Crippen molar-refractivity contribution < 1.29 is 0 Å². The van der Waals surface area contributed by atoms with E-state index >= 15 is 0 Å². The molecule has 1 aromatic rings. The third-order valence-electron chi connectivity index (χ3n) is 3.67. The molecule has 0 saturated carbocycles. The van der Waals surface area contributed by atoms with Crippen molar-refractivity contribution in [2.75, 3.05) is 37.6 Å². The minimum absolute atomic E-state index is 0.674. The lowest BCUT2D eigenvalue weighted by molar-refractivity contribution is 0.270. The van der Waals surface area contributed by atoms with Gasteiger partial charge in [-0.15, -0.1) is 5.10 Å². The Hall–Kier alpha value is -1.67. The maximum Gasteiger partial charge on any atom is 0.169 e. The van der Waals surface area contributed by atoms with Crippen LogP contribution < -0.4 is 4.90 Å². The second kappa shape index (κ2) is 5.32. The van der Waals surface area contributed by atoms with E-state index in [4.69, 9.17) is 0 Å². The fraction of sp³-hybridized carbons (Fsp3) is 0.615. The van der Waals surface area contributed by atoms with E-state index in [0.717, 1.165) is 49.8 Å². The van der Waals surface area contributed by atoms with Crippen molar-refractivity contribution >= 4 is 5.82 Å². The molecule has 1 aliphatic rings. The smallest absolute Gasteiger partial charge is 0.169 e. The Kier molecular flexibility index (Phi) is 3.78. The molecular weight excluding hydrogens is 226 g/mol. The molecule has 0 radical (unpaired) electrons. The zero-order valence-corrected chi connectivity index (χ0v) is 11.3. The van der Waals surface area contributed by atoms with Crippen molar-refractivity contribution in [3.8, 4) is 6.07 Å². The second-order valence-electron chi connectivity index (χ2n) is 4.64. The molecule has 5 nitrogen and oxygen atoms in total. The van der Waals surface area contributed by atoms with Crippen LogP contribution in [-0.4, -0.2) is 47.8 Å². The van der Waals surface area contributed by atoms with Gasteiger partial charge in [0.05, 0.1) is 5.69 Å². The molecule has 0 amide bonds. The molecule has 0 aliphatic carbocycles. The lowest BCUT2D eigenvalue weighted by Crippen LogP contribution is -2.46. The molecule has 1 fully saturated rings. The van der Waals surface area contributed by atoms with Crippen LogP contribution in [0.2, 0.25) is 0 Å². The first kappa shape index (κ1) is 12.8. The van der Waals surface area contributed by atoms with Crippen LogP contribution in [0.4, 0.5) is 5.82 Å². The molecule has 0 N–H and O–H groups in total. The quantitative estimate of drug-likeness (QED) is 0.781. The van der Waals surface area contributed by atoms with E-state index in [1.807, 2.05) is 13.8 Å². The summed E-state index contributed by atoms with van der Waals surface area (Å²) >= 11 is 0. The highest BCUT2D eigenvalue weighted by atomic mass is 15.3. The summed E-state index contributed by atoms with van der Waals surface area (Å²) in [7, 11) is 0. The highest BCUT2D eigenvalue weighted by Gasteiger charge is 2.21. The molecule has 0 aromatic carbocycles. The Balaban J connectivity index is 2.25. The van der Waals surface area contributed by atoms with Gasteiger partial charge < -0.3 is 9.80 Å². The van der Waals surface area contributed by atoms with E-state index in [1.165, 1.54) is 0 Å². The number of rotatable bonds is 2. The number of piperazine rings is 1. The van der Waals surface area contributed by atoms with E-state index in [0.29, 0.717) is 5.56 Å². The van der Waals surface area contributed by atoms with Crippen LogP contribution in [-0.2, 0) is 0 Å². The molecule has 1 saturated heterocycles. The Morgan fingerprint density at radius 1 is 1.17 bits per heavy atom. The van der Waals surface area contributed by atoms with Gasteiger partial charge in [-0.05, 0) is 26.0 Å². The number of aromatic nitrogens is 2. The predicted molar refractivity (Wildman–Crippen MR) is 70.5 cm³/mol. The van der Waals surface area contributed by atoms with Gasteiger partial charge in [0.15, 0.2) is 5.82 Å². The Morgan fingerprint density at radius 3 is 2.39 bits per heavy atom. The molecule has 5 heteroatoms. The van der Waals surface area contributed by atoms with Crippen molar-refractivity contribution in [3.63, 3.8) is 0 Å². The van der Waals surface area contributed by atoms with E-state index in [1.54, 1.807) is 0 Å². The van der Waals surface area contributed by atoms with Crippen LogP contribution in [0.1, 0.15) is 23.7 Å². The summed E-state index contributed by atoms with van der Waals surface area (Å²) in [4.78, 5) is 4.57. The molecule has 1 aliphatic heterocycles. The van der Waals surface area contributed by atoms with Gasteiger partial charge in [0, 0.05) is 26.2 Å². The topological polar surface area (TPSA) is 56.1 Å². The Labute approximate surface area is 108 Å². The number of nitrogens with zero attached hydrogens (tertiary/aromatic N) is 5. The molecule has 0 spiro atoms. The van der Waals surface area contributed by atoms with Gasteiger partial charge in [0.25, 0.3) is 0 Å². The first-order valence-corrected chi connectivity index (χ1v) is 6.38. The van der Waals surface area contributed by atoms with E-state index < -0.39 is 0 Å². The molecular formula is C13H19N5. The fourth-order valence-corrected chi connectivity index (χ4v) is 2.23. The lowest BCUT2D eigenvalue weighted by Gasteiger charge is -2.35. The average Bonchev–Trinajstić information content (AvgIpc) is 2.42. The van der Waals surface area contributed by atoms with Crippen LogP contribution in [0.15, 0.2) is 0 Å². The summed E-state index contributed by atoms with van der Waals surface area (Å²) < 4.78 is 0. The van der Waals surface area contributed by atoms with Gasteiger partial charge in [-0.25, -0.2) is 0 Å². The number of nitriles is 1. The maximum absolute atomic E-state index is 9.30. The third-order valence-corrected chi connectivity index (χ3v) is 3.67. The van der Waals surface area contributed by atoms with Gasteiger partial charge in [0.1, 0.15) is 11.6 Å². The van der Waals surface area contributed by atoms with Crippen molar-refractivity contribution in [1.82, 2.24) is 15.1 Å². The van der Waals surface area contributed by atoms with Gasteiger partial charge in [-0.3, -0.25) is 0 Å². The summed E-state index contributed by atoms with van der Waals surface area (Å²) in [5.41, 5.74) is 2.45. The summed E-state index contributed by atoms with van der Waals surface area (Å²) in [6, 6.07) is 2.27. The summed E-state index contributed by atoms with van der Waals surface area (Å²) in [6.07, 6.45) is 0. The van der Waals surface area contributed by atoms with Gasteiger partial charge in [0.2, 0.25) is 0 Å². The van der Waals surface area contributed by atoms with Gasteiger partial charge >= 0.3 is 0 Å². The standard InChI is InChI=1S/C13H19N5/c1-4-17-5-7-18(8-6-17)13-12(9-14)10(2)11(3)15-16-13/h4-8H2,1-3H3. The van der Waals surface area contributed by atoms with E-state index in [2.05, 4.69) is 33.0 Å². The summed E-state index contributed by atoms with van der Waals surface area (Å²) in [5, 5.41) is 17.7. The lowest BCUT2D eigenvalue weighted by atomic mass is 10.1. The highest BCUT2D eigenvalue weighted by molar-refractivity contribution is 5.57. The molecule has 96 valence electrons. The first-order chi connectivity index (χ1) is 8.67. The molecule has 1 aromatic heterocycles. The van der Waals surface area contributed by atoms with Crippen LogP contribution in [0.5, 0.6) is 0 Å². The zero-order valence-electron chi connectivity index (χ0n) is 11.3. The Morgan fingerprint density at radius 2 is 1.83 bits per heavy atom. The monoisotopic (exact) mass is 245 g/mol. The number of anilines is 1. The van der Waals surface area contributed by atoms with Gasteiger partial charge in [-0.1, -0.05) is 6.92 Å². The summed E-state index contributed by atoms with van der Waals surface area (Å²) in [6.45, 7) is 11.0. The average molecular weight is 245 g/mol. The molecule has 0 atom stereocenters. The van der Waals surface area contributed by atoms with Crippen LogP contribution >= 0.6 is 0 Å². The number of aryl methyl sites for hydroxylation is 1. The number of hydrogen-bond donors (Lipinski definition) is 0. The van der Waals surface area contributed by atoms with Crippen LogP contribution in [0.25, 0.3) is 0 Å². The second-order valence-corrected chi connectivity index (χ2v) is 4.64. The molecule has 18 heavy (non-hydrogen) atoms. The zero-order chi connectivity index (χ0) is 13.1. The molecule has 2 heterocycles. The van der Waals surface area contributed by atoms with Crippen molar-refractivity contribution in [2.45, 2.75) is 20.8 Å². The van der Waals surface area contributed by atoms with Crippen molar-refractivity contribution in [3.05, 3.63) is 16.8 Å².